The van der Waals surface area contributed by atoms with E-state index in [-0.39, 0.29) is 23.9 Å². The molecule has 0 N–H and O–H groups in total. The molecule has 0 bridgehead atoms. The van der Waals surface area contributed by atoms with Gasteiger partial charge in [0.25, 0.3) is 5.91 Å². The third kappa shape index (κ3) is 4.67. The van der Waals surface area contributed by atoms with E-state index < -0.39 is 0 Å². The summed E-state index contributed by atoms with van der Waals surface area (Å²) in [5.74, 6) is 0.665. The highest BCUT2D eigenvalue weighted by Crippen LogP contribution is 2.42. The monoisotopic (exact) mass is 440 g/mol. The third-order valence-electron chi connectivity index (χ3n) is 6.02. The van der Waals surface area contributed by atoms with Gasteiger partial charge in [-0.25, -0.2) is 0 Å². The zero-order valence-corrected chi connectivity index (χ0v) is 19.1. The highest BCUT2D eigenvalue weighted by molar-refractivity contribution is 6.05. The van der Waals surface area contributed by atoms with Gasteiger partial charge in [0.15, 0.2) is 0 Å². The lowest BCUT2D eigenvalue weighted by Gasteiger charge is -2.43. The largest absolute Gasteiger partial charge is 0.497 e. The lowest BCUT2D eigenvalue weighted by Crippen LogP contribution is -2.46. The zero-order valence-electron chi connectivity index (χ0n) is 19.1. The molecular formula is C28H28N2O3. The van der Waals surface area contributed by atoms with E-state index in [1.165, 1.54) is 0 Å². The van der Waals surface area contributed by atoms with Crippen LogP contribution in [0.4, 0.5) is 11.4 Å². The number of fused-ring (bicyclic) bond motifs is 1. The second-order valence-electron chi connectivity index (χ2n) is 8.20. The fourth-order valence-electron chi connectivity index (χ4n) is 4.52. The smallest absolute Gasteiger partial charge is 0.251 e. The molecule has 0 aromatic heterocycles. The van der Waals surface area contributed by atoms with E-state index in [9.17, 15) is 9.59 Å². The summed E-state index contributed by atoms with van der Waals surface area (Å²) in [6.07, 6.45) is 4.07. The minimum absolute atomic E-state index is 0.00499. The van der Waals surface area contributed by atoms with Gasteiger partial charge in [-0.2, -0.15) is 0 Å². The molecule has 2 atom stereocenters. The number of rotatable bonds is 5. The van der Waals surface area contributed by atoms with Crippen LogP contribution in [0.1, 0.15) is 37.4 Å². The van der Waals surface area contributed by atoms with Crippen molar-refractivity contribution in [1.29, 1.82) is 0 Å². The van der Waals surface area contributed by atoms with Gasteiger partial charge in [-0.1, -0.05) is 48.5 Å². The van der Waals surface area contributed by atoms with Crippen LogP contribution in [-0.2, 0) is 9.59 Å². The number of hydrogen-bond donors (Lipinski definition) is 0. The van der Waals surface area contributed by atoms with Crippen molar-refractivity contribution in [3.8, 4) is 5.75 Å². The zero-order chi connectivity index (χ0) is 23.4. The van der Waals surface area contributed by atoms with Crippen molar-refractivity contribution in [3.63, 3.8) is 0 Å². The summed E-state index contributed by atoms with van der Waals surface area (Å²) in [5.41, 5.74) is 3.57. The molecular weight excluding hydrogens is 412 g/mol. The predicted molar refractivity (Wildman–Crippen MR) is 132 cm³/mol. The van der Waals surface area contributed by atoms with Crippen LogP contribution in [0, 0.1) is 0 Å². The Balaban J connectivity index is 1.73. The minimum Gasteiger partial charge on any atom is -0.497 e. The molecule has 3 aromatic rings. The topological polar surface area (TPSA) is 49.9 Å². The van der Waals surface area contributed by atoms with E-state index in [4.69, 9.17) is 4.74 Å². The average Bonchev–Trinajstić information content (AvgIpc) is 2.83. The normalized spacial score (nSPS) is 17.5. The van der Waals surface area contributed by atoms with Crippen LogP contribution in [-0.4, -0.2) is 25.0 Å². The molecule has 0 saturated carbocycles. The molecule has 168 valence electrons. The summed E-state index contributed by atoms with van der Waals surface area (Å²) in [6, 6.07) is 24.9. The van der Waals surface area contributed by atoms with Crippen LogP contribution in [0.3, 0.4) is 0 Å². The Morgan fingerprint density at radius 2 is 1.64 bits per heavy atom. The molecule has 5 nitrogen and oxygen atoms in total. The summed E-state index contributed by atoms with van der Waals surface area (Å²) in [6.45, 7) is 3.62. The molecule has 0 spiro atoms. The van der Waals surface area contributed by atoms with E-state index in [0.29, 0.717) is 6.42 Å². The lowest BCUT2D eigenvalue weighted by atomic mass is 9.90. The molecule has 1 heterocycles. The van der Waals surface area contributed by atoms with Crippen LogP contribution in [0.25, 0.3) is 6.08 Å². The van der Waals surface area contributed by atoms with E-state index in [0.717, 1.165) is 28.3 Å². The summed E-state index contributed by atoms with van der Waals surface area (Å²) in [4.78, 5) is 29.7. The Hall–Kier alpha value is -3.86. The third-order valence-corrected chi connectivity index (χ3v) is 6.02. The van der Waals surface area contributed by atoms with Gasteiger partial charge in [-0.15, -0.1) is 0 Å². The van der Waals surface area contributed by atoms with Gasteiger partial charge < -0.3 is 14.5 Å². The van der Waals surface area contributed by atoms with Crippen LogP contribution >= 0.6 is 0 Å². The van der Waals surface area contributed by atoms with Crippen molar-refractivity contribution in [2.45, 2.75) is 32.4 Å². The van der Waals surface area contributed by atoms with Crippen molar-refractivity contribution in [2.75, 3.05) is 16.9 Å². The van der Waals surface area contributed by atoms with Crippen LogP contribution in [0.15, 0.2) is 84.9 Å². The maximum atomic E-state index is 13.6. The Kier molecular flexibility index (Phi) is 6.59. The van der Waals surface area contributed by atoms with Gasteiger partial charge in [0.05, 0.1) is 13.2 Å². The second-order valence-corrected chi connectivity index (χ2v) is 8.20. The van der Waals surface area contributed by atoms with Gasteiger partial charge in [0, 0.05) is 30.4 Å². The first-order chi connectivity index (χ1) is 16.0. The first-order valence-corrected chi connectivity index (χ1v) is 11.1. The number of methoxy groups -OCH3 is 1. The molecule has 1 aliphatic rings. The lowest BCUT2D eigenvalue weighted by molar-refractivity contribution is -0.117. The summed E-state index contributed by atoms with van der Waals surface area (Å²) in [7, 11) is 1.63. The Morgan fingerprint density at radius 1 is 0.970 bits per heavy atom. The second kappa shape index (κ2) is 9.74. The maximum Gasteiger partial charge on any atom is 0.251 e. The van der Waals surface area contributed by atoms with E-state index in [1.54, 1.807) is 20.1 Å². The first-order valence-electron chi connectivity index (χ1n) is 11.1. The van der Waals surface area contributed by atoms with Gasteiger partial charge >= 0.3 is 0 Å². The maximum absolute atomic E-state index is 13.6. The Morgan fingerprint density at radius 3 is 2.30 bits per heavy atom. The number of ether oxygens (including phenoxy) is 1. The van der Waals surface area contributed by atoms with Crippen LogP contribution in [0.5, 0.6) is 5.75 Å². The number of nitrogens with zero attached hydrogens (tertiary/aromatic N) is 2. The van der Waals surface area contributed by atoms with E-state index >= 15 is 0 Å². The van der Waals surface area contributed by atoms with E-state index in [1.807, 2.05) is 102 Å². The predicted octanol–water partition coefficient (Wildman–Crippen LogP) is 5.63. The van der Waals surface area contributed by atoms with E-state index in [2.05, 4.69) is 0 Å². The quantitative estimate of drug-likeness (QED) is 0.483. The van der Waals surface area contributed by atoms with Crippen molar-refractivity contribution in [1.82, 2.24) is 0 Å². The number of benzene rings is 3. The molecule has 3 aromatic carbocycles. The molecule has 5 heteroatoms. The van der Waals surface area contributed by atoms with Gasteiger partial charge in [-0.3, -0.25) is 9.59 Å². The number of carbonyl (C=O) groups is 2. The minimum atomic E-state index is -0.192. The summed E-state index contributed by atoms with van der Waals surface area (Å²) >= 11 is 0. The molecule has 2 amide bonds. The number of carbonyl (C=O) groups excluding carboxylic acids is 2. The molecule has 1 aliphatic heterocycles. The van der Waals surface area contributed by atoms with Crippen LogP contribution in [0.2, 0.25) is 0 Å². The Bertz CT molecular complexity index is 1160. The van der Waals surface area contributed by atoms with Crippen molar-refractivity contribution < 1.29 is 14.3 Å². The number of anilines is 2. The first kappa shape index (κ1) is 22.3. The van der Waals surface area contributed by atoms with Crippen molar-refractivity contribution in [3.05, 3.63) is 96.1 Å². The van der Waals surface area contributed by atoms with Gasteiger partial charge in [-0.05, 0) is 60.9 Å². The average molecular weight is 441 g/mol. The van der Waals surface area contributed by atoms with Gasteiger partial charge in [0.1, 0.15) is 5.75 Å². The number of amides is 2. The molecule has 0 fully saturated rings. The summed E-state index contributed by atoms with van der Waals surface area (Å²) in [5, 5.41) is 0. The molecule has 4 rings (SSSR count). The number of para-hydroxylation sites is 2. The summed E-state index contributed by atoms with van der Waals surface area (Å²) < 4.78 is 5.21. The standard InChI is InChI=1S/C28H28N2O3/c1-20-19-27(25-11-7-8-12-26(25)29(20)21(2)31)30(23-9-5-4-6-10-23)28(32)18-15-22-13-16-24(33-3)17-14-22/h4-18,20,27H,19H2,1-3H3/b18-15+. The fourth-order valence-corrected chi connectivity index (χ4v) is 4.52. The highest BCUT2D eigenvalue weighted by Gasteiger charge is 2.37. The molecule has 2 unspecified atom stereocenters. The van der Waals surface area contributed by atoms with Crippen LogP contribution < -0.4 is 14.5 Å². The SMILES string of the molecule is COc1ccc(/C=C/C(=O)N(c2ccccc2)C2CC(C)N(C(C)=O)c3ccccc32)cc1. The van der Waals surface area contributed by atoms with Crippen molar-refractivity contribution in [2.24, 2.45) is 0 Å². The number of hydrogen-bond acceptors (Lipinski definition) is 3. The molecule has 33 heavy (non-hydrogen) atoms. The van der Waals surface area contributed by atoms with Crippen molar-refractivity contribution >= 4 is 29.3 Å². The molecule has 0 aliphatic carbocycles. The highest BCUT2D eigenvalue weighted by atomic mass is 16.5. The van der Waals surface area contributed by atoms with Gasteiger partial charge in [0.2, 0.25) is 5.91 Å². The fraction of sp³-hybridized carbons (Fsp3) is 0.214. The molecule has 0 radical (unpaired) electrons. The molecule has 0 saturated heterocycles. The Labute approximate surface area is 194 Å².